The molecule has 1 aliphatic heterocycles. The van der Waals surface area contributed by atoms with E-state index in [4.69, 9.17) is 10.5 Å². The molecule has 2 amide bonds. The largest absolute Gasteiger partial charge is 0.507 e. The van der Waals surface area contributed by atoms with E-state index in [-0.39, 0.29) is 11.3 Å². The number of fused-ring (bicyclic) bond motifs is 1. The molecule has 0 unspecified atom stereocenters. The fourth-order valence-corrected chi connectivity index (χ4v) is 3.21. The fraction of sp³-hybridized carbons (Fsp3) is 0.316. The highest BCUT2D eigenvalue weighted by Gasteiger charge is 2.31. The van der Waals surface area contributed by atoms with Crippen LogP contribution in [0, 0.1) is 0 Å². The maximum atomic E-state index is 12.3. The smallest absolute Gasteiger partial charge is 0.342 e. The number of piperidine rings is 1. The quantitative estimate of drug-likeness (QED) is 0.808. The van der Waals surface area contributed by atoms with Crippen LogP contribution in [0.5, 0.6) is 5.75 Å². The second-order valence-corrected chi connectivity index (χ2v) is 6.29. The van der Waals surface area contributed by atoms with Gasteiger partial charge in [0.2, 0.25) is 5.91 Å². The first-order valence-electron chi connectivity index (χ1n) is 8.45. The molecule has 0 saturated carbocycles. The van der Waals surface area contributed by atoms with Crippen molar-refractivity contribution in [1.82, 2.24) is 4.90 Å². The van der Waals surface area contributed by atoms with Crippen LogP contribution in [0.3, 0.4) is 0 Å². The number of ether oxygens (including phenoxy) is 1. The number of nitrogens with two attached hydrogens (primary N) is 1. The molecule has 0 aromatic heterocycles. The van der Waals surface area contributed by atoms with Crippen molar-refractivity contribution in [1.29, 1.82) is 0 Å². The minimum atomic E-state index is -0.797. The summed E-state index contributed by atoms with van der Waals surface area (Å²) < 4.78 is 5.06. The summed E-state index contributed by atoms with van der Waals surface area (Å²) in [4.78, 5) is 37.4. The van der Waals surface area contributed by atoms with E-state index >= 15 is 0 Å². The number of rotatable bonds is 4. The van der Waals surface area contributed by atoms with Crippen LogP contribution in [0.15, 0.2) is 36.4 Å². The molecule has 136 valence electrons. The molecule has 3 N–H and O–H groups in total. The Kier molecular flexibility index (Phi) is 5.06. The third kappa shape index (κ3) is 3.61. The zero-order chi connectivity index (χ0) is 18.7. The van der Waals surface area contributed by atoms with Gasteiger partial charge in [-0.1, -0.05) is 24.3 Å². The molecule has 1 atom stereocenters. The van der Waals surface area contributed by atoms with Gasteiger partial charge in [-0.05, 0) is 42.2 Å². The minimum absolute atomic E-state index is 0.0124. The van der Waals surface area contributed by atoms with Crippen LogP contribution in [-0.2, 0) is 14.3 Å². The molecule has 2 aromatic rings. The lowest BCUT2D eigenvalue weighted by atomic mass is 10.0. The average molecular weight is 356 g/mol. The summed E-state index contributed by atoms with van der Waals surface area (Å²) >= 11 is 0. The number of phenolic OH excluding ortho intramolecular Hbond substituents is 1. The van der Waals surface area contributed by atoms with Crippen LogP contribution in [0.4, 0.5) is 0 Å². The van der Waals surface area contributed by atoms with E-state index in [0.29, 0.717) is 13.0 Å². The number of hydrogen-bond acceptors (Lipinski definition) is 5. The first-order chi connectivity index (χ1) is 12.5. The highest BCUT2D eigenvalue weighted by atomic mass is 16.5. The molecular weight excluding hydrogens is 336 g/mol. The molecule has 0 bridgehead atoms. The molecule has 1 fully saturated rings. The third-order valence-corrected chi connectivity index (χ3v) is 4.56. The highest BCUT2D eigenvalue weighted by molar-refractivity contribution is 5.99. The molecule has 0 aliphatic carbocycles. The van der Waals surface area contributed by atoms with E-state index < -0.39 is 30.4 Å². The second-order valence-electron chi connectivity index (χ2n) is 6.29. The maximum Gasteiger partial charge on any atom is 0.342 e. The molecule has 2 aromatic carbocycles. The van der Waals surface area contributed by atoms with Crippen molar-refractivity contribution in [3.63, 3.8) is 0 Å². The Bertz CT molecular complexity index is 864. The SMILES string of the molecule is NC(=O)[C@H]1CCCCN1C(=O)COC(=O)c1cc2ccccc2cc1O. The van der Waals surface area contributed by atoms with Gasteiger partial charge >= 0.3 is 5.97 Å². The van der Waals surface area contributed by atoms with E-state index in [2.05, 4.69) is 0 Å². The van der Waals surface area contributed by atoms with Crippen molar-refractivity contribution in [2.45, 2.75) is 25.3 Å². The molecule has 26 heavy (non-hydrogen) atoms. The van der Waals surface area contributed by atoms with Crippen molar-refractivity contribution in [3.8, 4) is 5.75 Å². The predicted octanol–water partition coefficient (Wildman–Crippen LogP) is 1.57. The second kappa shape index (κ2) is 7.43. The van der Waals surface area contributed by atoms with Gasteiger partial charge in [-0.25, -0.2) is 4.79 Å². The standard InChI is InChI=1S/C19H20N2O5/c20-18(24)15-7-3-4-8-21(15)17(23)11-26-19(25)14-9-12-5-1-2-6-13(12)10-16(14)22/h1-2,5-6,9-10,15,22H,3-4,7-8,11H2,(H2,20,24)/t15-/m1/s1. The summed E-state index contributed by atoms with van der Waals surface area (Å²) in [5, 5.41) is 11.6. The number of carbonyl (C=O) groups excluding carboxylic acids is 3. The van der Waals surface area contributed by atoms with E-state index in [9.17, 15) is 19.5 Å². The van der Waals surface area contributed by atoms with Gasteiger partial charge < -0.3 is 20.5 Å². The Morgan fingerprint density at radius 2 is 1.85 bits per heavy atom. The van der Waals surface area contributed by atoms with Crippen LogP contribution >= 0.6 is 0 Å². The third-order valence-electron chi connectivity index (χ3n) is 4.56. The Hall–Kier alpha value is -3.09. The van der Waals surface area contributed by atoms with E-state index in [0.717, 1.165) is 23.6 Å². The number of likely N-dealkylation sites (tertiary alicyclic amines) is 1. The maximum absolute atomic E-state index is 12.3. The first kappa shape index (κ1) is 17.7. The lowest BCUT2D eigenvalue weighted by Gasteiger charge is -2.33. The molecule has 0 radical (unpaired) electrons. The Labute approximate surface area is 150 Å². The van der Waals surface area contributed by atoms with Crippen LogP contribution in [0.1, 0.15) is 29.6 Å². The monoisotopic (exact) mass is 356 g/mol. The summed E-state index contributed by atoms with van der Waals surface area (Å²) in [6.07, 6.45) is 2.11. The molecule has 3 rings (SSSR count). The summed E-state index contributed by atoms with van der Waals surface area (Å²) in [6.45, 7) is -0.0971. The topological polar surface area (TPSA) is 110 Å². The highest BCUT2D eigenvalue weighted by Crippen LogP contribution is 2.25. The van der Waals surface area contributed by atoms with Crippen LogP contribution in [0.25, 0.3) is 10.8 Å². The molecule has 1 saturated heterocycles. The summed E-state index contributed by atoms with van der Waals surface area (Å²) in [5.41, 5.74) is 5.33. The Morgan fingerprint density at radius 3 is 2.54 bits per heavy atom. The Morgan fingerprint density at radius 1 is 1.15 bits per heavy atom. The number of hydrogen-bond donors (Lipinski definition) is 2. The van der Waals surface area contributed by atoms with Gasteiger partial charge in [0.1, 0.15) is 17.4 Å². The van der Waals surface area contributed by atoms with Gasteiger partial charge in [0, 0.05) is 6.54 Å². The predicted molar refractivity (Wildman–Crippen MR) is 94.4 cm³/mol. The van der Waals surface area contributed by atoms with Crippen molar-refractivity contribution in [2.75, 3.05) is 13.2 Å². The molecular formula is C19H20N2O5. The summed E-state index contributed by atoms with van der Waals surface area (Å²) in [6, 6.07) is 9.59. The van der Waals surface area contributed by atoms with Gasteiger partial charge in [-0.2, -0.15) is 0 Å². The van der Waals surface area contributed by atoms with Crippen LogP contribution in [0.2, 0.25) is 0 Å². The molecule has 7 heteroatoms. The number of aromatic hydroxyl groups is 1. The van der Waals surface area contributed by atoms with Gasteiger partial charge in [-0.15, -0.1) is 0 Å². The lowest BCUT2D eigenvalue weighted by molar-refractivity contribution is -0.143. The van der Waals surface area contributed by atoms with Gasteiger partial charge in [0.15, 0.2) is 6.61 Å². The van der Waals surface area contributed by atoms with Crippen molar-refractivity contribution in [2.24, 2.45) is 5.73 Å². The number of carbonyl (C=O) groups is 3. The van der Waals surface area contributed by atoms with E-state index in [1.54, 1.807) is 0 Å². The summed E-state index contributed by atoms with van der Waals surface area (Å²) in [5.74, 6) is -2.04. The van der Waals surface area contributed by atoms with Crippen LogP contribution < -0.4 is 5.73 Å². The summed E-state index contributed by atoms with van der Waals surface area (Å²) in [7, 11) is 0. The lowest BCUT2D eigenvalue weighted by Crippen LogP contribution is -2.51. The van der Waals surface area contributed by atoms with Crippen molar-refractivity contribution >= 4 is 28.6 Å². The number of benzene rings is 2. The molecule has 0 spiro atoms. The normalized spacial score (nSPS) is 17.1. The van der Waals surface area contributed by atoms with E-state index in [1.807, 2.05) is 24.3 Å². The molecule has 7 nitrogen and oxygen atoms in total. The van der Waals surface area contributed by atoms with Crippen molar-refractivity contribution in [3.05, 3.63) is 42.0 Å². The Balaban J connectivity index is 1.69. The number of phenols is 1. The molecule has 1 heterocycles. The molecule has 1 aliphatic rings. The fourth-order valence-electron chi connectivity index (χ4n) is 3.21. The van der Waals surface area contributed by atoms with E-state index in [1.165, 1.54) is 17.0 Å². The number of amides is 2. The first-order valence-corrected chi connectivity index (χ1v) is 8.45. The minimum Gasteiger partial charge on any atom is -0.507 e. The van der Waals surface area contributed by atoms with Gasteiger partial charge in [-0.3, -0.25) is 9.59 Å². The van der Waals surface area contributed by atoms with Crippen LogP contribution in [-0.4, -0.2) is 47.0 Å². The number of esters is 1. The number of primary amides is 1. The zero-order valence-corrected chi connectivity index (χ0v) is 14.2. The van der Waals surface area contributed by atoms with Gasteiger partial charge in [0.25, 0.3) is 5.91 Å². The average Bonchev–Trinajstić information content (AvgIpc) is 2.65. The van der Waals surface area contributed by atoms with Crippen molar-refractivity contribution < 1.29 is 24.2 Å². The van der Waals surface area contributed by atoms with Gasteiger partial charge in [0.05, 0.1) is 0 Å². The number of nitrogens with zero attached hydrogens (tertiary/aromatic N) is 1. The zero-order valence-electron chi connectivity index (χ0n) is 14.2.